The van der Waals surface area contributed by atoms with Crippen LogP contribution >= 0.6 is 0 Å². The molecule has 0 aromatic rings. The summed E-state index contributed by atoms with van der Waals surface area (Å²) in [5.74, 6) is 3.67. The Bertz CT molecular complexity index is 527. The summed E-state index contributed by atoms with van der Waals surface area (Å²) in [5, 5.41) is 10.8. The zero-order valence-electron chi connectivity index (χ0n) is 14.5. The Morgan fingerprint density at radius 2 is 1.96 bits per heavy atom. The summed E-state index contributed by atoms with van der Waals surface area (Å²) in [6.07, 6.45) is 11.7. The number of ether oxygens (including phenoxy) is 1. The second kappa shape index (κ2) is 5.42. The van der Waals surface area contributed by atoms with E-state index in [1.165, 1.54) is 19.3 Å². The Hall–Kier alpha value is -0.670. The van der Waals surface area contributed by atoms with Crippen molar-refractivity contribution >= 4 is 5.78 Å². The van der Waals surface area contributed by atoms with Gasteiger partial charge in [0.1, 0.15) is 0 Å². The molecular weight excluding hydrogens is 288 g/mol. The lowest BCUT2D eigenvalue weighted by molar-refractivity contribution is -0.136. The van der Waals surface area contributed by atoms with Crippen LogP contribution in [-0.4, -0.2) is 30.2 Å². The lowest BCUT2D eigenvalue weighted by atomic mass is 9.49. The van der Waals surface area contributed by atoms with Gasteiger partial charge < -0.3 is 9.84 Å². The van der Waals surface area contributed by atoms with Gasteiger partial charge in [-0.15, -0.1) is 0 Å². The molecule has 0 bridgehead atoms. The molecule has 0 saturated heterocycles. The zero-order valence-corrected chi connectivity index (χ0v) is 14.5. The number of rotatable bonds is 2. The minimum atomic E-state index is -0.602. The molecule has 0 aliphatic heterocycles. The predicted molar refractivity (Wildman–Crippen MR) is 88.8 cm³/mol. The van der Waals surface area contributed by atoms with E-state index in [9.17, 15) is 9.90 Å². The topological polar surface area (TPSA) is 46.5 Å². The van der Waals surface area contributed by atoms with Crippen LogP contribution in [0.3, 0.4) is 0 Å². The third kappa shape index (κ3) is 2.34. The van der Waals surface area contributed by atoms with Crippen molar-refractivity contribution in [2.75, 3.05) is 13.7 Å². The molecule has 4 aliphatic rings. The maximum Gasteiger partial charge on any atom is 0.161 e. The molecule has 0 heterocycles. The highest BCUT2D eigenvalue weighted by Gasteiger charge is 2.56. The number of hydrogen-bond donors (Lipinski definition) is 1. The van der Waals surface area contributed by atoms with Crippen molar-refractivity contribution in [2.24, 2.45) is 35.0 Å². The molecule has 0 radical (unpaired) electrons. The van der Waals surface area contributed by atoms with Gasteiger partial charge in [-0.1, -0.05) is 13.0 Å². The van der Waals surface area contributed by atoms with E-state index in [0.717, 1.165) is 37.5 Å². The highest BCUT2D eigenvalue weighted by molar-refractivity contribution is 5.97. The Morgan fingerprint density at radius 3 is 2.74 bits per heavy atom. The van der Waals surface area contributed by atoms with Gasteiger partial charge in [-0.25, -0.2) is 0 Å². The molecule has 0 amide bonds. The number of allylic oxidation sites excluding steroid dienone is 2. The number of fused-ring (bicyclic) bond motifs is 5. The van der Waals surface area contributed by atoms with Crippen LogP contribution < -0.4 is 0 Å². The molecule has 3 heteroatoms. The van der Waals surface area contributed by atoms with Crippen molar-refractivity contribution < 1.29 is 14.6 Å². The van der Waals surface area contributed by atoms with Crippen LogP contribution in [0.4, 0.5) is 0 Å². The molecule has 1 N–H and O–H groups in total. The monoisotopic (exact) mass is 318 g/mol. The van der Waals surface area contributed by atoms with Crippen LogP contribution in [-0.2, 0) is 9.53 Å². The van der Waals surface area contributed by atoms with Gasteiger partial charge in [0.2, 0.25) is 0 Å². The summed E-state index contributed by atoms with van der Waals surface area (Å²) in [6, 6.07) is 0. The van der Waals surface area contributed by atoms with E-state index in [0.29, 0.717) is 30.1 Å². The third-order valence-corrected chi connectivity index (χ3v) is 7.79. The lowest BCUT2D eigenvalue weighted by Gasteiger charge is -2.55. The van der Waals surface area contributed by atoms with Gasteiger partial charge in [0, 0.05) is 12.5 Å². The van der Waals surface area contributed by atoms with E-state index in [1.807, 2.05) is 6.08 Å². The molecule has 0 aromatic carbocycles. The first kappa shape index (κ1) is 15.8. The van der Waals surface area contributed by atoms with E-state index >= 15 is 0 Å². The Balaban J connectivity index is 1.53. The van der Waals surface area contributed by atoms with Gasteiger partial charge in [-0.2, -0.15) is 0 Å². The summed E-state index contributed by atoms with van der Waals surface area (Å²) in [5.41, 5.74) is -0.714. The Morgan fingerprint density at radius 1 is 1.17 bits per heavy atom. The minimum Gasteiger partial charge on any atom is -0.387 e. The zero-order chi connectivity index (χ0) is 16.2. The fourth-order valence-corrected chi connectivity index (χ4v) is 6.63. The standard InChI is InChI=1S/C20H30O3/c1-19-9-7-15-14-8-10-20(22,12-23-2)11-13(14)3-4-16(15)17(19)5-6-18(19)21/h5-6,13-17,22H,3-4,7-12H2,1-2H3/t13-,14+,15?,16-,17+,19+,20-/m1/s1. The summed E-state index contributed by atoms with van der Waals surface area (Å²) < 4.78 is 5.26. The van der Waals surface area contributed by atoms with Crippen LogP contribution in [0.15, 0.2) is 12.2 Å². The van der Waals surface area contributed by atoms with Crippen molar-refractivity contribution in [2.45, 2.75) is 57.5 Å². The first-order valence-corrected chi connectivity index (χ1v) is 9.41. The maximum absolute atomic E-state index is 12.3. The fraction of sp³-hybridized carbons (Fsp3) is 0.850. The van der Waals surface area contributed by atoms with E-state index in [-0.39, 0.29) is 5.41 Å². The first-order chi connectivity index (χ1) is 11.0. The average Bonchev–Trinajstić information content (AvgIpc) is 2.82. The van der Waals surface area contributed by atoms with Gasteiger partial charge in [0.15, 0.2) is 5.78 Å². The molecule has 1 unspecified atom stereocenters. The predicted octanol–water partition coefficient (Wildman–Crippen LogP) is 3.36. The number of hydrogen-bond acceptors (Lipinski definition) is 3. The molecule has 0 aromatic heterocycles. The Kier molecular flexibility index (Phi) is 3.73. The van der Waals surface area contributed by atoms with Gasteiger partial charge in [-0.05, 0) is 80.6 Å². The molecular formula is C20H30O3. The van der Waals surface area contributed by atoms with Crippen molar-refractivity contribution in [3.8, 4) is 0 Å². The SMILES string of the molecule is COC[C@@]1(O)CC[C@@H]2C3CC[C@]4(C)C(=O)C=C[C@H]4[C@@H]3CC[C@@H]2C1. The molecule has 0 spiro atoms. The molecule has 7 atom stereocenters. The summed E-state index contributed by atoms with van der Waals surface area (Å²) in [6.45, 7) is 2.67. The van der Waals surface area contributed by atoms with Gasteiger partial charge in [0.05, 0.1) is 12.2 Å². The van der Waals surface area contributed by atoms with Gasteiger partial charge in [0.25, 0.3) is 0 Å². The Labute approximate surface area is 139 Å². The second-order valence-electron chi connectivity index (χ2n) is 8.93. The maximum atomic E-state index is 12.3. The molecule has 3 fully saturated rings. The summed E-state index contributed by atoms with van der Waals surface area (Å²) in [4.78, 5) is 12.3. The highest BCUT2D eigenvalue weighted by atomic mass is 16.5. The van der Waals surface area contributed by atoms with E-state index in [4.69, 9.17) is 4.74 Å². The van der Waals surface area contributed by atoms with E-state index < -0.39 is 5.60 Å². The number of aliphatic hydroxyl groups is 1. The van der Waals surface area contributed by atoms with E-state index in [2.05, 4.69) is 13.0 Å². The molecule has 4 rings (SSSR count). The fourth-order valence-electron chi connectivity index (χ4n) is 6.63. The van der Waals surface area contributed by atoms with Crippen molar-refractivity contribution in [1.29, 1.82) is 0 Å². The smallest absolute Gasteiger partial charge is 0.161 e. The first-order valence-electron chi connectivity index (χ1n) is 9.41. The number of carbonyl (C=O) groups excluding carboxylic acids is 1. The molecule has 3 nitrogen and oxygen atoms in total. The van der Waals surface area contributed by atoms with E-state index in [1.54, 1.807) is 7.11 Å². The number of carbonyl (C=O) groups is 1. The lowest BCUT2D eigenvalue weighted by Crippen LogP contribution is -2.52. The molecule has 128 valence electrons. The summed E-state index contributed by atoms with van der Waals surface area (Å²) >= 11 is 0. The van der Waals surface area contributed by atoms with Gasteiger partial charge >= 0.3 is 0 Å². The van der Waals surface area contributed by atoms with Crippen LogP contribution in [0.25, 0.3) is 0 Å². The van der Waals surface area contributed by atoms with Crippen molar-refractivity contribution in [3.05, 3.63) is 12.2 Å². The van der Waals surface area contributed by atoms with Crippen molar-refractivity contribution in [3.63, 3.8) is 0 Å². The number of ketones is 1. The quantitative estimate of drug-likeness (QED) is 0.849. The molecule has 3 saturated carbocycles. The van der Waals surface area contributed by atoms with Gasteiger partial charge in [-0.3, -0.25) is 4.79 Å². The largest absolute Gasteiger partial charge is 0.387 e. The van der Waals surface area contributed by atoms with Crippen LogP contribution in [0, 0.1) is 35.0 Å². The third-order valence-electron chi connectivity index (χ3n) is 7.79. The number of methoxy groups -OCH3 is 1. The summed E-state index contributed by atoms with van der Waals surface area (Å²) in [7, 11) is 1.69. The van der Waals surface area contributed by atoms with Crippen LogP contribution in [0.5, 0.6) is 0 Å². The average molecular weight is 318 g/mol. The van der Waals surface area contributed by atoms with Crippen LogP contribution in [0.2, 0.25) is 0 Å². The molecule has 4 aliphatic carbocycles. The minimum absolute atomic E-state index is 0.112. The second-order valence-corrected chi connectivity index (χ2v) is 8.93. The van der Waals surface area contributed by atoms with Crippen molar-refractivity contribution in [1.82, 2.24) is 0 Å². The highest BCUT2D eigenvalue weighted by Crippen LogP contribution is 2.60. The van der Waals surface area contributed by atoms with Crippen LogP contribution in [0.1, 0.15) is 51.9 Å². The molecule has 23 heavy (non-hydrogen) atoms. The normalized spacial score (nSPS) is 52.0.